The lowest BCUT2D eigenvalue weighted by molar-refractivity contribution is 0.0396. The van der Waals surface area contributed by atoms with Crippen LogP contribution in [0.15, 0.2) is 83.9 Å². The van der Waals surface area contributed by atoms with Crippen LogP contribution in [0, 0.1) is 30.6 Å². The molecule has 13 heteroatoms. The average Bonchev–Trinajstić information content (AvgIpc) is 3.48. The molecular weight excluding hydrogens is 655 g/mol. The van der Waals surface area contributed by atoms with E-state index in [1.54, 1.807) is 27.8 Å². The van der Waals surface area contributed by atoms with E-state index >= 15 is 0 Å². The van der Waals surface area contributed by atoms with Crippen molar-refractivity contribution in [3.63, 3.8) is 0 Å². The number of piperidine rings is 1. The minimum absolute atomic E-state index is 0.108. The van der Waals surface area contributed by atoms with Gasteiger partial charge in [0.25, 0.3) is 21.8 Å². The number of likely N-dealkylation sites (tertiary alicyclic amines) is 1. The molecule has 1 fully saturated rings. The molecule has 254 valence electrons. The van der Waals surface area contributed by atoms with Gasteiger partial charge in [-0.25, -0.2) is 18.1 Å². The first kappa shape index (κ1) is 32.8. The van der Waals surface area contributed by atoms with Gasteiger partial charge >= 0.3 is 0 Å². The van der Waals surface area contributed by atoms with Gasteiger partial charge in [-0.2, -0.15) is 10.2 Å². The predicted octanol–water partition coefficient (Wildman–Crippen LogP) is 5.08. The second-order valence-electron chi connectivity index (χ2n) is 12.9. The Hall–Kier alpha value is -5.74. The molecule has 7 rings (SSSR count). The van der Waals surface area contributed by atoms with E-state index in [2.05, 4.69) is 26.1 Å². The molecule has 4 heterocycles. The molecule has 50 heavy (non-hydrogen) atoms. The summed E-state index contributed by atoms with van der Waals surface area (Å²) in [5, 5.41) is 13.1. The molecule has 2 aromatic heterocycles. The molecule has 1 spiro atoms. The summed E-state index contributed by atoms with van der Waals surface area (Å²) in [5.41, 5.74) is 4.23. The van der Waals surface area contributed by atoms with Crippen molar-refractivity contribution in [2.24, 2.45) is 5.41 Å². The molecule has 0 atom stereocenters. The van der Waals surface area contributed by atoms with Crippen molar-refractivity contribution in [3.05, 3.63) is 101 Å². The number of para-hydroxylation sites is 1. The van der Waals surface area contributed by atoms with Gasteiger partial charge in [0, 0.05) is 59.3 Å². The molecule has 3 aromatic carbocycles. The quantitative estimate of drug-likeness (QED) is 0.265. The number of amides is 2. The molecule has 2 N–H and O–H groups in total. The number of fused-ring (bicyclic) bond motifs is 5. The molecule has 12 nitrogen and oxygen atoms in total. The van der Waals surface area contributed by atoms with Gasteiger partial charge in [-0.05, 0) is 62.1 Å². The molecular formula is C37H35N7O5S. The van der Waals surface area contributed by atoms with Crippen molar-refractivity contribution >= 4 is 38.7 Å². The third kappa shape index (κ3) is 6.25. The van der Waals surface area contributed by atoms with E-state index in [1.165, 1.54) is 18.2 Å². The first-order valence-corrected chi connectivity index (χ1v) is 17.8. The Labute approximate surface area is 289 Å². The van der Waals surface area contributed by atoms with Crippen LogP contribution >= 0.6 is 0 Å². The Bertz CT molecular complexity index is 2280. The van der Waals surface area contributed by atoms with Gasteiger partial charge in [-0.1, -0.05) is 42.5 Å². The summed E-state index contributed by atoms with van der Waals surface area (Å²) in [7, 11) is -4.16. The third-order valence-electron chi connectivity index (χ3n) is 9.59. The summed E-state index contributed by atoms with van der Waals surface area (Å²) in [6.45, 7) is 5.24. The van der Waals surface area contributed by atoms with Crippen LogP contribution in [-0.4, -0.2) is 65.9 Å². The van der Waals surface area contributed by atoms with Gasteiger partial charge in [0.05, 0.1) is 28.8 Å². The van der Waals surface area contributed by atoms with Crippen LogP contribution in [0.5, 0.6) is 5.88 Å². The standard InChI is InChI=1S/C37H35N7O5S/c1-24-7-5-8-25(2)33(24)30-20-32-41-36(40-30)42-50(47,48)27-10-6-9-26(19-27)34(45)39-22-37(23-49-32)13-16-43(17-14-37)35(46)29-21-44(18-15-38)31-12-4-3-11-28(29)31/h3-12,19-21H,13-14,16-18,22-23H2,1-2H3,(H,39,45)(H,40,41,42). The molecule has 2 aliphatic heterocycles. The number of ether oxygens (including phenoxy) is 1. The maximum Gasteiger partial charge on any atom is 0.264 e. The highest BCUT2D eigenvalue weighted by molar-refractivity contribution is 7.92. The lowest BCUT2D eigenvalue weighted by atomic mass is 9.78. The number of anilines is 1. The summed E-state index contributed by atoms with van der Waals surface area (Å²) < 4.78 is 37.6. The number of nitrogens with zero attached hydrogens (tertiary/aromatic N) is 5. The topological polar surface area (TPSA) is 159 Å². The van der Waals surface area contributed by atoms with Crippen molar-refractivity contribution in [1.82, 2.24) is 24.8 Å². The largest absolute Gasteiger partial charge is 0.477 e. The molecule has 0 aliphatic carbocycles. The van der Waals surface area contributed by atoms with E-state index in [-0.39, 0.29) is 47.9 Å². The molecule has 5 aromatic rings. The van der Waals surface area contributed by atoms with Crippen LogP contribution in [0.1, 0.15) is 44.7 Å². The lowest BCUT2D eigenvalue weighted by Gasteiger charge is -2.41. The fraction of sp³-hybridized carbons (Fsp3) is 0.270. The van der Waals surface area contributed by atoms with Gasteiger partial charge in [0.1, 0.15) is 6.54 Å². The number of carbonyl (C=O) groups excluding carboxylic acids is 2. The van der Waals surface area contributed by atoms with Gasteiger partial charge < -0.3 is 19.5 Å². The van der Waals surface area contributed by atoms with E-state index in [1.807, 2.05) is 56.3 Å². The van der Waals surface area contributed by atoms with Gasteiger partial charge in [0.15, 0.2) is 0 Å². The normalized spacial score (nSPS) is 16.8. The van der Waals surface area contributed by atoms with Crippen molar-refractivity contribution in [2.75, 3.05) is 31.0 Å². The fourth-order valence-electron chi connectivity index (χ4n) is 6.82. The highest BCUT2D eigenvalue weighted by Gasteiger charge is 2.38. The molecule has 0 saturated carbocycles. The van der Waals surface area contributed by atoms with Crippen molar-refractivity contribution in [1.29, 1.82) is 5.26 Å². The van der Waals surface area contributed by atoms with Crippen LogP contribution in [0.2, 0.25) is 0 Å². The van der Waals surface area contributed by atoms with Crippen LogP contribution in [-0.2, 0) is 16.6 Å². The number of hydrogen-bond donors (Lipinski definition) is 2. The first-order chi connectivity index (χ1) is 24.1. The van der Waals surface area contributed by atoms with Crippen LogP contribution < -0.4 is 14.8 Å². The van der Waals surface area contributed by atoms with Crippen molar-refractivity contribution in [2.45, 2.75) is 38.1 Å². The number of aromatic nitrogens is 3. The zero-order valence-electron chi connectivity index (χ0n) is 27.6. The van der Waals surface area contributed by atoms with Crippen LogP contribution in [0.3, 0.4) is 0 Å². The Morgan fingerprint density at radius 3 is 2.50 bits per heavy atom. The Kier molecular flexibility index (Phi) is 8.49. The van der Waals surface area contributed by atoms with Crippen molar-refractivity contribution < 1.29 is 22.7 Å². The zero-order valence-corrected chi connectivity index (χ0v) is 28.5. The average molecular weight is 690 g/mol. The van der Waals surface area contributed by atoms with E-state index in [9.17, 15) is 23.3 Å². The predicted molar refractivity (Wildman–Crippen MR) is 187 cm³/mol. The summed E-state index contributed by atoms with van der Waals surface area (Å²) in [5.74, 6) is -0.525. The summed E-state index contributed by atoms with van der Waals surface area (Å²) in [6, 6.07) is 23.1. The number of aryl methyl sites for hydroxylation is 2. The second-order valence-corrected chi connectivity index (χ2v) is 14.6. The number of nitrogens with one attached hydrogen (secondary N) is 2. The van der Waals surface area contributed by atoms with Gasteiger partial charge in [-0.15, -0.1) is 0 Å². The molecule has 2 aliphatic rings. The summed E-state index contributed by atoms with van der Waals surface area (Å²) in [4.78, 5) is 38.0. The van der Waals surface area contributed by atoms with E-state index in [0.717, 1.165) is 27.6 Å². The zero-order chi connectivity index (χ0) is 35.0. The third-order valence-corrected chi connectivity index (χ3v) is 10.9. The van der Waals surface area contributed by atoms with E-state index in [0.29, 0.717) is 37.2 Å². The summed E-state index contributed by atoms with van der Waals surface area (Å²) in [6.07, 6.45) is 2.78. The number of benzene rings is 3. The molecule has 2 amide bonds. The number of rotatable bonds is 3. The minimum Gasteiger partial charge on any atom is -0.477 e. The van der Waals surface area contributed by atoms with E-state index in [4.69, 9.17) is 4.74 Å². The van der Waals surface area contributed by atoms with E-state index < -0.39 is 21.3 Å². The maximum atomic E-state index is 13.9. The number of sulfonamides is 1. The fourth-order valence-corrected chi connectivity index (χ4v) is 7.81. The number of carbonyl (C=O) groups is 2. The maximum absolute atomic E-state index is 13.9. The van der Waals surface area contributed by atoms with Crippen molar-refractivity contribution in [3.8, 4) is 23.2 Å². The number of hydrogen-bond acceptors (Lipinski definition) is 8. The molecule has 4 bridgehead atoms. The SMILES string of the molecule is Cc1cccc(C)c1-c1cc2nc(n1)NS(=O)(=O)c1cccc(c1)C(=O)NCC1(CCN(C(=O)c3cn(CC#N)c4ccccc34)CC1)CO2. The Morgan fingerprint density at radius 1 is 1.00 bits per heavy atom. The lowest BCUT2D eigenvalue weighted by Crippen LogP contribution is -2.50. The highest BCUT2D eigenvalue weighted by Crippen LogP contribution is 2.35. The van der Waals surface area contributed by atoms with Crippen LogP contribution in [0.25, 0.3) is 22.2 Å². The molecule has 1 saturated heterocycles. The summed E-state index contributed by atoms with van der Waals surface area (Å²) >= 11 is 0. The number of nitriles is 1. The monoisotopic (exact) mass is 689 g/mol. The van der Waals surface area contributed by atoms with Gasteiger partial charge in [-0.3, -0.25) is 9.59 Å². The van der Waals surface area contributed by atoms with Crippen LogP contribution in [0.4, 0.5) is 5.95 Å². The first-order valence-electron chi connectivity index (χ1n) is 16.3. The molecule has 0 radical (unpaired) electrons. The smallest absolute Gasteiger partial charge is 0.264 e. The minimum atomic E-state index is -4.16. The molecule has 0 unspecified atom stereocenters. The van der Waals surface area contributed by atoms with Gasteiger partial charge in [0.2, 0.25) is 11.8 Å². The Balaban J connectivity index is 1.22. The Morgan fingerprint density at radius 2 is 1.74 bits per heavy atom. The second kappa shape index (κ2) is 12.9. The highest BCUT2D eigenvalue weighted by atomic mass is 32.2.